The van der Waals surface area contributed by atoms with Crippen molar-refractivity contribution in [1.29, 1.82) is 0 Å². The Labute approximate surface area is 168 Å². The predicted molar refractivity (Wildman–Crippen MR) is 107 cm³/mol. The summed E-state index contributed by atoms with van der Waals surface area (Å²) in [6.45, 7) is 8.21. The van der Waals surface area contributed by atoms with Crippen molar-refractivity contribution >= 4 is 29.3 Å². The molecule has 0 saturated heterocycles. The van der Waals surface area contributed by atoms with E-state index >= 15 is 0 Å². The number of primary amides is 1. The molecule has 0 radical (unpaired) electrons. The van der Waals surface area contributed by atoms with Gasteiger partial charge in [0.05, 0.1) is 5.25 Å². The molecule has 2 amide bonds. The number of halogens is 1. The lowest BCUT2D eigenvalue weighted by Gasteiger charge is -2.15. The Balaban J connectivity index is 2.10. The van der Waals surface area contributed by atoms with Crippen molar-refractivity contribution in [3.8, 4) is 0 Å². The van der Waals surface area contributed by atoms with Gasteiger partial charge < -0.3 is 15.6 Å². The Morgan fingerprint density at radius 3 is 2.61 bits per heavy atom. The first-order chi connectivity index (χ1) is 13.2. The number of nitrogens with two attached hydrogens (primary N) is 1. The molecule has 1 heterocycles. The van der Waals surface area contributed by atoms with Crippen LogP contribution in [-0.2, 0) is 22.6 Å². The summed E-state index contributed by atoms with van der Waals surface area (Å²) in [5.41, 5.74) is 6.16. The fourth-order valence-electron chi connectivity index (χ4n) is 2.50. The highest BCUT2D eigenvalue weighted by atomic mass is 32.2. The van der Waals surface area contributed by atoms with Crippen LogP contribution in [0.3, 0.4) is 0 Å². The number of hydrogen-bond donors (Lipinski definition) is 2. The van der Waals surface area contributed by atoms with Gasteiger partial charge in [0.15, 0.2) is 5.16 Å². The van der Waals surface area contributed by atoms with Gasteiger partial charge >= 0.3 is 0 Å². The van der Waals surface area contributed by atoms with E-state index in [1.54, 1.807) is 26.0 Å². The zero-order chi connectivity index (χ0) is 20.8. The number of amides is 2. The van der Waals surface area contributed by atoms with Gasteiger partial charge in [-0.15, -0.1) is 10.2 Å². The van der Waals surface area contributed by atoms with Gasteiger partial charge in [-0.05, 0) is 37.5 Å². The largest absolute Gasteiger partial charge is 0.370 e. The van der Waals surface area contributed by atoms with Crippen LogP contribution in [0.15, 0.2) is 23.4 Å². The summed E-state index contributed by atoms with van der Waals surface area (Å²) >= 11 is 1.27. The van der Waals surface area contributed by atoms with Crippen molar-refractivity contribution in [2.24, 2.45) is 11.7 Å². The highest BCUT2D eigenvalue weighted by molar-refractivity contribution is 8.00. The average Bonchev–Trinajstić information content (AvgIpc) is 2.97. The third-order valence-electron chi connectivity index (χ3n) is 4.03. The van der Waals surface area contributed by atoms with Crippen LogP contribution in [0.25, 0.3) is 0 Å². The van der Waals surface area contributed by atoms with Crippen molar-refractivity contribution in [3.63, 3.8) is 0 Å². The van der Waals surface area contributed by atoms with Crippen molar-refractivity contribution in [1.82, 2.24) is 14.8 Å². The Hall–Kier alpha value is -2.42. The molecule has 0 spiro atoms. The number of nitrogens with zero attached hydrogens (tertiary/aromatic N) is 3. The van der Waals surface area contributed by atoms with E-state index in [1.165, 1.54) is 17.8 Å². The van der Waals surface area contributed by atoms with Gasteiger partial charge in [-0.1, -0.05) is 31.7 Å². The maximum absolute atomic E-state index is 13.7. The highest BCUT2D eigenvalue weighted by Crippen LogP contribution is 2.25. The van der Waals surface area contributed by atoms with Gasteiger partial charge in [0.1, 0.15) is 11.6 Å². The molecular formula is C19H26FN5O2S. The predicted octanol–water partition coefficient (Wildman–Crippen LogP) is 2.92. The van der Waals surface area contributed by atoms with Crippen molar-refractivity contribution in [3.05, 3.63) is 35.4 Å². The topological polar surface area (TPSA) is 103 Å². The Kier molecular flexibility index (Phi) is 7.56. The molecule has 0 bridgehead atoms. The molecule has 1 aromatic carbocycles. The van der Waals surface area contributed by atoms with Gasteiger partial charge in [0.25, 0.3) is 0 Å². The SMILES string of the molecule is Cc1ccc(NC(=O)C(C)Sc2nnc(CCC(N)=O)n2CC(C)C)cc1F. The molecule has 9 heteroatoms. The van der Waals surface area contributed by atoms with E-state index in [4.69, 9.17) is 5.73 Å². The molecule has 0 saturated carbocycles. The van der Waals surface area contributed by atoms with E-state index in [0.29, 0.717) is 41.1 Å². The van der Waals surface area contributed by atoms with E-state index in [9.17, 15) is 14.0 Å². The zero-order valence-electron chi connectivity index (χ0n) is 16.5. The molecule has 152 valence electrons. The van der Waals surface area contributed by atoms with E-state index < -0.39 is 11.2 Å². The van der Waals surface area contributed by atoms with E-state index in [1.807, 2.05) is 4.57 Å². The van der Waals surface area contributed by atoms with Crippen LogP contribution in [0.1, 0.15) is 38.6 Å². The molecular weight excluding hydrogens is 381 g/mol. The van der Waals surface area contributed by atoms with Gasteiger partial charge in [-0.3, -0.25) is 9.59 Å². The summed E-state index contributed by atoms with van der Waals surface area (Å²) in [5, 5.41) is 11.2. The van der Waals surface area contributed by atoms with Gasteiger partial charge in [0, 0.05) is 25.1 Å². The highest BCUT2D eigenvalue weighted by Gasteiger charge is 2.21. The monoisotopic (exact) mass is 407 g/mol. The first kappa shape index (κ1) is 21.9. The summed E-state index contributed by atoms with van der Waals surface area (Å²) < 4.78 is 15.6. The molecule has 28 heavy (non-hydrogen) atoms. The molecule has 1 aromatic heterocycles. The maximum atomic E-state index is 13.7. The number of carbonyl (C=O) groups excluding carboxylic acids is 2. The minimum absolute atomic E-state index is 0.190. The second-order valence-corrected chi connectivity index (χ2v) is 8.39. The van der Waals surface area contributed by atoms with E-state index in [0.717, 1.165) is 0 Å². The third-order valence-corrected chi connectivity index (χ3v) is 5.11. The number of benzene rings is 1. The lowest BCUT2D eigenvalue weighted by atomic mass is 10.2. The number of hydrogen-bond acceptors (Lipinski definition) is 5. The molecule has 0 aliphatic carbocycles. The van der Waals surface area contributed by atoms with Crippen LogP contribution in [0.2, 0.25) is 0 Å². The normalized spacial score (nSPS) is 12.2. The van der Waals surface area contributed by atoms with Crippen molar-refractivity contribution in [2.45, 2.75) is 57.5 Å². The molecule has 1 unspecified atom stereocenters. The molecule has 1 atom stereocenters. The summed E-state index contributed by atoms with van der Waals surface area (Å²) in [5.74, 6) is -0.0168. The average molecular weight is 408 g/mol. The van der Waals surface area contributed by atoms with Crippen molar-refractivity contribution in [2.75, 3.05) is 5.32 Å². The molecule has 7 nitrogen and oxygen atoms in total. The van der Waals surface area contributed by atoms with Crippen LogP contribution in [0.4, 0.5) is 10.1 Å². The van der Waals surface area contributed by atoms with Crippen LogP contribution < -0.4 is 11.1 Å². The number of aromatic nitrogens is 3. The summed E-state index contributed by atoms with van der Waals surface area (Å²) in [6.07, 6.45) is 0.592. The number of rotatable bonds is 9. The Morgan fingerprint density at radius 2 is 2.00 bits per heavy atom. The fourth-order valence-corrected chi connectivity index (χ4v) is 3.38. The number of nitrogens with one attached hydrogen (secondary N) is 1. The standard InChI is InChI=1S/C19H26FN5O2S/c1-11(2)10-25-17(8-7-16(21)26)23-24-19(25)28-13(4)18(27)22-14-6-5-12(3)15(20)9-14/h5-6,9,11,13H,7-8,10H2,1-4H3,(H2,21,26)(H,22,27). The Bertz CT molecular complexity index is 853. The van der Waals surface area contributed by atoms with Gasteiger partial charge in [0.2, 0.25) is 11.8 Å². The molecule has 3 N–H and O–H groups in total. The lowest BCUT2D eigenvalue weighted by molar-refractivity contribution is -0.118. The van der Waals surface area contributed by atoms with Crippen LogP contribution in [0.5, 0.6) is 0 Å². The molecule has 2 rings (SSSR count). The quantitative estimate of drug-likeness (QED) is 0.622. The van der Waals surface area contributed by atoms with Crippen LogP contribution in [0, 0.1) is 18.7 Å². The number of thioether (sulfide) groups is 1. The van der Waals surface area contributed by atoms with E-state index in [-0.39, 0.29) is 18.1 Å². The Morgan fingerprint density at radius 1 is 1.29 bits per heavy atom. The lowest BCUT2D eigenvalue weighted by Crippen LogP contribution is -2.23. The number of carbonyl (C=O) groups is 2. The molecule has 2 aromatic rings. The van der Waals surface area contributed by atoms with Gasteiger partial charge in [-0.25, -0.2) is 4.39 Å². The smallest absolute Gasteiger partial charge is 0.237 e. The number of aryl methyl sites for hydroxylation is 2. The van der Waals surface area contributed by atoms with Crippen LogP contribution in [-0.4, -0.2) is 31.8 Å². The van der Waals surface area contributed by atoms with Gasteiger partial charge in [-0.2, -0.15) is 0 Å². The molecule has 0 aliphatic rings. The summed E-state index contributed by atoms with van der Waals surface area (Å²) in [4.78, 5) is 23.6. The third kappa shape index (κ3) is 6.05. The molecule has 0 aliphatic heterocycles. The molecule has 0 fully saturated rings. The minimum atomic E-state index is -0.469. The maximum Gasteiger partial charge on any atom is 0.237 e. The second-order valence-electron chi connectivity index (χ2n) is 7.08. The van der Waals surface area contributed by atoms with Crippen LogP contribution >= 0.6 is 11.8 Å². The summed E-state index contributed by atoms with van der Waals surface area (Å²) in [7, 11) is 0. The van der Waals surface area contributed by atoms with E-state index in [2.05, 4.69) is 29.4 Å². The fraction of sp³-hybridized carbons (Fsp3) is 0.474. The first-order valence-electron chi connectivity index (χ1n) is 9.11. The van der Waals surface area contributed by atoms with Crippen molar-refractivity contribution < 1.29 is 14.0 Å². The zero-order valence-corrected chi connectivity index (χ0v) is 17.3. The first-order valence-corrected chi connectivity index (χ1v) is 9.99. The summed E-state index contributed by atoms with van der Waals surface area (Å²) in [6, 6.07) is 4.58. The number of anilines is 1. The second kappa shape index (κ2) is 9.68. The minimum Gasteiger partial charge on any atom is -0.370 e.